The SMILES string of the molecule is C=CCN(CCOC)S(=O)(=O)c1ccc(F)cc1Br. The molecular weight excluding hydrogens is 337 g/mol. The molecule has 1 aromatic rings. The molecule has 0 heterocycles. The van der Waals surface area contributed by atoms with Crippen molar-refractivity contribution in [1.82, 2.24) is 4.31 Å². The number of benzene rings is 1. The minimum Gasteiger partial charge on any atom is -0.383 e. The fourth-order valence-electron chi connectivity index (χ4n) is 1.47. The largest absolute Gasteiger partial charge is 0.383 e. The van der Waals surface area contributed by atoms with Crippen LogP contribution in [-0.2, 0) is 14.8 Å². The fraction of sp³-hybridized carbons (Fsp3) is 0.333. The maximum absolute atomic E-state index is 13.0. The summed E-state index contributed by atoms with van der Waals surface area (Å²) in [4.78, 5) is 0.0202. The Labute approximate surface area is 121 Å². The average Bonchev–Trinajstić information content (AvgIpc) is 2.33. The van der Waals surface area contributed by atoms with Crippen molar-refractivity contribution < 1.29 is 17.5 Å². The minimum atomic E-state index is -3.71. The molecule has 0 unspecified atom stereocenters. The van der Waals surface area contributed by atoms with Crippen molar-refractivity contribution in [3.63, 3.8) is 0 Å². The molecule has 0 aliphatic heterocycles. The normalized spacial score (nSPS) is 11.8. The van der Waals surface area contributed by atoms with Gasteiger partial charge in [-0.25, -0.2) is 12.8 Å². The molecule has 0 radical (unpaired) electrons. The van der Waals surface area contributed by atoms with Gasteiger partial charge in [-0.1, -0.05) is 6.08 Å². The zero-order valence-corrected chi connectivity index (χ0v) is 12.9. The number of hydrogen-bond acceptors (Lipinski definition) is 3. The highest BCUT2D eigenvalue weighted by Crippen LogP contribution is 2.25. The van der Waals surface area contributed by atoms with Crippen LogP contribution in [-0.4, -0.2) is 39.5 Å². The number of methoxy groups -OCH3 is 1. The molecule has 0 atom stereocenters. The smallest absolute Gasteiger partial charge is 0.244 e. The molecule has 0 spiro atoms. The van der Waals surface area contributed by atoms with Crippen LogP contribution < -0.4 is 0 Å². The van der Waals surface area contributed by atoms with Gasteiger partial charge in [0.2, 0.25) is 10.0 Å². The van der Waals surface area contributed by atoms with Crippen LogP contribution in [0.25, 0.3) is 0 Å². The number of rotatable bonds is 7. The summed E-state index contributed by atoms with van der Waals surface area (Å²) in [6.07, 6.45) is 1.49. The summed E-state index contributed by atoms with van der Waals surface area (Å²) < 4.78 is 44.2. The van der Waals surface area contributed by atoms with Gasteiger partial charge in [-0.05, 0) is 34.1 Å². The highest BCUT2D eigenvalue weighted by Gasteiger charge is 2.25. The van der Waals surface area contributed by atoms with Crippen LogP contribution in [0.1, 0.15) is 0 Å². The lowest BCUT2D eigenvalue weighted by molar-refractivity contribution is 0.182. The van der Waals surface area contributed by atoms with Gasteiger partial charge in [-0.3, -0.25) is 0 Å². The van der Waals surface area contributed by atoms with Gasteiger partial charge in [0.15, 0.2) is 0 Å². The molecule has 0 amide bonds. The van der Waals surface area contributed by atoms with Crippen LogP contribution in [0, 0.1) is 5.82 Å². The first kappa shape index (κ1) is 16.3. The minimum absolute atomic E-state index is 0.0202. The molecule has 0 aliphatic carbocycles. The van der Waals surface area contributed by atoms with E-state index in [9.17, 15) is 12.8 Å². The first-order valence-corrected chi connectivity index (χ1v) is 7.71. The predicted octanol–water partition coefficient (Wildman–Crippen LogP) is 2.41. The van der Waals surface area contributed by atoms with Gasteiger partial charge >= 0.3 is 0 Å². The van der Waals surface area contributed by atoms with Crippen LogP contribution in [0.2, 0.25) is 0 Å². The second-order valence-corrected chi connectivity index (χ2v) is 6.48. The molecule has 0 bridgehead atoms. The third-order valence-electron chi connectivity index (χ3n) is 2.39. The highest BCUT2D eigenvalue weighted by molar-refractivity contribution is 9.10. The first-order chi connectivity index (χ1) is 8.93. The van der Waals surface area contributed by atoms with Crippen molar-refractivity contribution in [3.05, 3.63) is 41.1 Å². The quantitative estimate of drug-likeness (QED) is 0.708. The van der Waals surface area contributed by atoms with E-state index in [4.69, 9.17) is 4.74 Å². The molecule has 0 saturated heterocycles. The molecule has 0 fully saturated rings. The zero-order chi connectivity index (χ0) is 14.5. The van der Waals surface area contributed by atoms with Crippen molar-refractivity contribution in [3.8, 4) is 0 Å². The topological polar surface area (TPSA) is 46.6 Å². The molecule has 1 aromatic carbocycles. The average molecular weight is 352 g/mol. The molecule has 0 aromatic heterocycles. The molecule has 0 saturated carbocycles. The third-order valence-corrected chi connectivity index (χ3v) is 5.23. The third kappa shape index (κ3) is 4.10. The summed E-state index contributed by atoms with van der Waals surface area (Å²) in [7, 11) is -2.22. The molecule has 19 heavy (non-hydrogen) atoms. The van der Waals surface area contributed by atoms with Gasteiger partial charge in [-0.15, -0.1) is 6.58 Å². The molecule has 7 heteroatoms. The molecule has 0 aliphatic rings. The van der Waals surface area contributed by atoms with Crippen molar-refractivity contribution in [1.29, 1.82) is 0 Å². The summed E-state index contributed by atoms with van der Waals surface area (Å²) in [6.45, 7) is 4.17. The second-order valence-electron chi connectivity index (χ2n) is 3.72. The molecule has 106 valence electrons. The number of nitrogens with zero attached hydrogens (tertiary/aromatic N) is 1. The van der Waals surface area contributed by atoms with Gasteiger partial charge in [0.25, 0.3) is 0 Å². The molecular formula is C12H15BrFNO3S. The van der Waals surface area contributed by atoms with E-state index in [1.54, 1.807) is 0 Å². The van der Waals surface area contributed by atoms with Gasteiger partial charge in [0, 0.05) is 24.7 Å². The zero-order valence-electron chi connectivity index (χ0n) is 10.5. The monoisotopic (exact) mass is 351 g/mol. The Bertz CT molecular complexity index is 548. The van der Waals surface area contributed by atoms with E-state index in [0.29, 0.717) is 0 Å². The Morgan fingerprint density at radius 1 is 1.53 bits per heavy atom. The lowest BCUT2D eigenvalue weighted by atomic mass is 10.3. The number of hydrogen-bond donors (Lipinski definition) is 0. The van der Waals surface area contributed by atoms with Gasteiger partial charge < -0.3 is 4.74 Å². The van der Waals surface area contributed by atoms with Gasteiger partial charge in [-0.2, -0.15) is 4.31 Å². The van der Waals surface area contributed by atoms with E-state index in [2.05, 4.69) is 22.5 Å². The second kappa shape index (κ2) is 7.14. The number of ether oxygens (including phenoxy) is 1. The van der Waals surface area contributed by atoms with Crippen molar-refractivity contribution >= 4 is 26.0 Å². The van der Waals surface area contributed by atoms with E-state index >= 15 is 0 Å². The Morgan fingerprint density at radius 3 is 2.74 bits per heavy atom. The number of halogens is 2. The summed E-state index contributed by atoms with van der Waals surface area (Å²) in [5.74, 6) is -0.502. The van der Waals surface area contributed by atoms with E-state index in [0.717, 1.165) is 12.1 Å². The predicted molar refractivity (Wildman–Crippen MR) is 74.9 cm³/mol. The van der Waals surface area contributed by atoms with Crippen LogP contribution in [0.5, 0.6) is 0 Å². The van der Waals surface area contributed by atoms with Crippen molar-refractivity contribution in [2.45, 2.75) is 4.90 Å². The van der Waals surface area contributed by atoms with Gasteiger partial charge in [0.1, 0.15) is 5.82 Å². The Kier molecular flexibility index (Phi) is 6.12. The van der Waals surface area contributed by atoms with Crippen LogP contribution in [0.4, 0.5) is 4.39 Å². The Hall–Kier alpha value is -0.760. The van der Waals surface area contributed by atoms with E-state index in [1.165, 1.54) is 23.6 Å². The Balaban J connectivity index is 3.14. The molecule has 1 rings (SSSR count). The van der Waals surface area contributed by atoms with Crippen LogP contribution in [0.15, 0.2) is 40.2 Å². The van der Waals surface area contributed by atoms with E-state index in [-0.39, 0.29) is 29.1 Å². The maximum atomic E-state index is 13.0. The van der Waals surface area contributed by atoms with E-state index < -0.39 is 15.8 Å². The summed E-state index contributed by atoms with van der Waals surface area (Å²) in [5, 5.41) is 0. The van der Waals surface area contributed by atoms with E-state index in [1.807, 2.05) is 0 Å². The summed E-state index contributed by atoms with van der Waals surface area (Å²) in [6, 6.07) is 3.47. The fourth-order valence-corrected chi connectivity index (χ4v) is 3.87. The first-order valence-electron chi connectivity index (χ1n) is 5.48. The van der Waals surface area contributed by atoms with Crippen LogP contribution >= 0.6 is 15.9 Å². The van der Waals surface area contributed by atoms with Crippen LogP contribution in [0.3, 0.4) is 0 Å². The maximum Gasteiger partial charge on any atom is 0.244 e. The number of sulfonamides is 1. The van der Waals surface area contributed by atoms with Crippen molar-refractivity contribution in [2.24, 2.45) is 0 Å². The molecule has 4 nitrogen and oxygen atoms in total. The summed E-state index contributed by atoms with van der Waals surface area (Å²) >= 11 is 3.07. The lowest BCUT2D eigenvalue weighted by Crippen LogP contribution is -2.34. The van der Waals surface area contributed by atoms with Crippen molar-refractivity contribution in [2.75, 3.05) is 26.8 Å². The summed E-state index contributed by atoms with van der Waals surface area (Å²) in [5.41, 5.74) is 0. The van der Waals surface area contributed by atoms with Gasteiger partial charge in [0.05, 0.1) is 11.5 Å². The Morgan fingerprint density at radius 2 is 2.21 bits per heavy atom. The standard InChI is InChI=1S/C12H15BrFNO3S/c1-3-6-15(7-8-18-2)19(16,17)12-5-4-10(14)9-11(12)13/h3-5,9H,1,6-8H2,2H3. The highest BCUT2D eigenvalue weighted by atomic mass is 79.9. The lowest BCUT2D eigenvalue weighted by Gasteiger charge is -2.21. The molecule has 0 N–H and O–H groups in total.